The lowest BCUT2D eigenvalue weighted by Crippen LogP contribution is -2.30. The number of carbonyl (C=O) groups excluding carboxylic acids is 1. The minimum Gasteiger partial charge on any atom is -0.320 e. The molecule has 0 spiro atoms. The fourth-order valence-electron chi connectivity index (χ4n) is 3.48. The number of halogens is 1. The molecule has 3 aromatic rings. The summed E-state index contributed by atoms with van der Waals surface area (Å²) < 4.78 is 13.3. The summed E-state index contributed by atoms with van der Waals surface area (Å²) in [6.45, 7) is 0. The molecule has 0 radical (unpaired) electrons. The Morgan fingerprint density at radius 3 is 2.61 bits per heavy atom. The quantitative estimate of drug-likeness (QED) is 0.664. The average molecular weight is 388 g/mol. The van der Waals surface area contributed by atoms with Crippen molar-refractivity contribution in [2.75, 3.05) is 0 Å². The van der Waals surface area contributed by atoms with Gasteiger partial charge in [0.15, 0.2) is 0 Å². The first-order valence-corrected chi connectivity index (χ1v) is 9.93. The van der Waals surface area contributed by atoms with E-state index in [4.69, 9.17) is 0 Å². The molecule has 3 nitrogen and oxygen atoms in total. The third-order valence-corrected chi connectivity index (χ3v) is 5.95. The smallest absolute Gasteiger partial charge is 0.225 e. The normalized spacial score (nSPS) is 16.7. The van der Waals surface area contributed by atoms with Gasteiger partial charge in [0.2, 0.25) is 5.91 Å². The molecule has 28 heavy (non-hydrogen) atoms. The second kappa shape index (κ2) is 7.87. The molecule has 0 aliphatic carbocycles. The molecule has 5 heteroatoms. The highest BCUT2D eigenvalue weighted by Gasteiger charge is 2.29. The maximum atomic E-state index is 13.3. The highest BCUT2D eigenvalue weighted by molar-refractivity contribution is 8.02. The Labute approximate surface area is 166 Å². The van der Waals surface area contributed by atoms with Crippen molar-refractivity contribution in [3.05, 3.63) is 94.3 Å². The van der Waals surface area contributed by atoms with Gasteiger partial charge in [-0.25, -0.2) is 4.39 Å². The van der Waals surface area contributed by atoms with Crippen LogP contribution in [0.4, 0.5) is 4.39 Å². The Kier molecular flexibility index (Phi) is 5.14. The van der Waals surface area contributed by atoms with Crippen molar-refractivity contribution in [3.63, 3.8) is 0 Å². The molecule has 1 atom stereocenters. The number of nitrogens with zero attached hydrogens (tertiary/aromatic N) is 1. The third kappa shape index (κ3) is 3.64. The first-order valence-electron chi connectivity index (χ1n) is 8.94. The van der Waals surface area contributed by atoms with Gasteiger partial charge >= 0.3 is 0 Å². The molecule has 0 unspecified atom stereocenters. The number of allylic oxidation sites excluding steroid dienone is 1. The largest absolute Gasteiger partial charge is 0.320 e. The van der Waals surface area contributed by atoms with E-state index >= 15 is 0 Å². The molecule has 3 aromatic carbocycles. The Bertz CT molecular complexity index is 1110. The van der Waals surface area contributed by atoms with Crippen LogP contribution in [-0.4, -0.2) is 5.91 Å². The average Bonchev–Trinajstić information content (AvgIpc) is 2.72. The lowest BCUT2D eigenvalue weighted by molar-refractivity contribution is -0.120. The Morgan fingerprint density at radius 2 is 1.82 bits per heavy atom. The summed E-state index contributed by atoms with van der Waals surface area (Å²) in [6, 6.07) is 22.6. The summed E-state index contributed by atoms with van der Waals surface area (Å²) >= 11 is 1.45. The second-order valence-corrected chi connectivity index (χ2v) is 7.62. The number of benzene rings is 3. The molecule has 0 saturated heterocycles. The van der Waals surface area contributed by atoms with Gasteiger partial charge in [-0.1, -0.05) is 54.6 Å². The number of nitrogens with one attached hydrogen (secondary N) is 1. The second-order valence-electron chi connectivity index (χ2n) is 6.64. The van der Waals surface area contributed by atoms with E-state index in [1.165, 1.54) is 23.9 Å². The Morgan fingerprint density at radius 1 is 1.07 bits per heavy atom. The number of hydrogen-bond acceptors (Lipinski definition) is 3. The summed E-state index contributed by atoms with van der Waals surface area (Å²) in [5, 5.41) is 15.5. The van der Waals surface area contributed by atoms with Crippen LogP contribution in [-0.2, 0) is 10.5 Å². The number of rotatable bonds is 4. The Balaban J connectivity index is 1.65. The van der Waals surface area contributed by atoms with Gasteiger partial charge in [0.25, 0.3) is 0 Å². The van der Waals surface area contributed by atoms with Gasteiger partial charge in [-0.05, 0) is 34.0 Å². The van der Waals surface area contributed by atoms with E-state index in [1.54, 1.807) is 12.1 Å². The molecule has 1 heterocycles. The van der Waals surface area contributed by atoms with Crippen molar-refractivity contribution < 1.29 is 9.18 Å². The van der Waals surface area contributed by atoms with Crippen molar-refractivity contribution in [2.45, 2.75) is 18.1 Å². The van der Waals surface area contributed by atoms with E-state index in [0.29, 0.717) is 16.4 Å². The van der Waals surface area contributed by atoms with E-state index in [1.807, 2.05) is 18.2 Å². The summed E-state index contributed by atoms with van der Waals surface area (Å²) in [5.41, 5.74) is 2.44. The summed E-state index contributed by atoms with van der Waals surface area (Å²) in [6.07, 6.45) is 0.187. The molecule has 4 rings (SSSR count). The molecule has 0 fully saturated rings. The van der Waals surface area contributed by atoms with Crippen LogP contribution in [0.15, 0.2) is 77.3 Å². The fourth-order valence-corrected chi connectivity index (χ4v) is 4.56. The van der Waals surface area contributed by atoms with Crippen molar-refractivity contribution in [2.24, 2.45) is 0 Å². The van der Waals surface area contributed by atoms with Gasteiger partial charge in [-0.2, -0.15) is 5.26 Å². The number of thioether (sulfide) groups is 1. The van der Waals surface area contributed by atoms with Gasteiger partial charge in [0.1, 0.15) is 5.82 Å². The molecular formula is C23H17FN2OS. The SMILES string of the molecule is N#CC1=C(SCc2cccc3ccccc23)NC(=O)C[C@@H]1c1ccc(F)cc1. The van der Waals surface area contributed by atoms with E-state index < -0.39 is 0 Å². The molecule has 1 amide bonds. The molecule has 0 bridgehead atoms. The van der Waals surface area contributed by atoms with Crippen LogP contribution in [0.25, 0.3) is 10.8 Å². The van der Waals surface area contributed by atoms with Gasteiger partial charge in [-0.3, -0.25) is 4.79 Å². The van der Waals surface area contributed by atoms with Crippen molar-refractivity contribution in [1.29, 1.82) is 5.26 Å². The van der Waals surface area contributed by atoms with E-state index in [-0.39, 0.29) is 24.1 Å². The molecule has 138 valence electrons. The van der Waals surface area contributed by atoms with Gasteiger partial charge in [-0.15, -0.1) is 11.8 Å². The monoisotopic (exact) mass is 388 g/mol. The number of fused-ring (bicyclic) bond motifs is 1. The van der Waals surface area contributed by atoms with Gasteiger partial charge < -0.3 is 5.32 Å². The zero-order valence-electron chi connectivity index (χ0n) is 15.0. The van der Waals surface area contributed by atoms with Crippen LogP contribution in [0.1, 0.15) is 23.5 Å². The topological polar surface area (TPSA) is 52.9 Å². The highest BCUT2D eigenvalue weighted by Crippen LogP contribution is 2.37. The number of amides is 1. The van der Waals surface area contributed by atoms with Crippen LogP contribution >= 0.6 is 11.8 Å². The van der Waals surface area contributed by atoms with Crippen molar-refractivity contribution in [3.8, 4) is 6.07 Å². The van der Waals surface area contributed by atoms with Crippen molar-refractivity contribution >= 4 is 28.4 Å². The number of carbonyl (C=O) groups is 1. The molecule has 0 saturated carbocycles. The molecule has 1 aliphatic rings. The van der Waals surface area contributed by atoms with E-state index in [9.17, 15) is 14.4 Å². The van der Waals surface area contributed by atoms with Crippen LogP contribution < -0.4 is 5.32 Å². The third-order valence-electron chi connectivity index (χ3n) is 4.88. The summed E-state index contributed by atoms with van der Waals surface area (Å²) in [4.78, 5) is 12.3. The minimum atomic E-state index is -0.352. The van der Waals surface area contributed by atoms with Crippen LogP contribution in [0.3, 0.4) is 0 Å². The van der Waals surface area contributed by atoms with Crippen LogP contribution in [0.5, 0.6) is 0 Å². The standard InChI is InChI=1S/C23H17FN2OS/c24-18-10-8-16(9-11-18)20-12-22(27)26-23(21(20)13-25)28-14-17-6-3-5-15-4-1-2-7-19(15)17/h1-11,20H,12,14H2,(H,26,27)/t20-/m1/s1. The summed E-state index contributed by atoms with van der Waals surface area (Å²) in [7, 11) is 0. The Hall–Kier alpha value is -3.10. The molecule has 0 aromatic heterocycles. The van der Waals surface area contributed by atoms with E-state index in [2.05, 4.69) is 35.7 Å². The number of nitriles is 1. The van der Waals surface area contributed by atoms with Crippen LogP contribution in [0.2, 0.25) is 0 Å². The maximum Gasteiger partial charge on any atom is 0.225 e. The highest BCUT2D eigenvalue weighted by atomic mass is 32.2. The van der Waals surface area contributed by atoms with Crippen molar-refractivity contribution in [1.82, 2.24) is 5.32 Å². The zero-order valence-corrected chi connectivity index (χ0v) is 15.8. The predicted molar refractivity (Wildman–Crippen MR) is 110 cm³/mol. The van der Waals surface area contributed by atoms with Gasteiger partial charge in [0, 0.05) is 18.1 Å². The number of hydrogen-bond donors (Lipinski definition) is 1. The predicted octanol–water partition coefficient (Wildman–Crippen LogP) is 5.25. The fraction of sp³-hybridized carbons (Fsp3) is 0.130. The molecule has 1 N–H and O–H groups in total. The van der Waals surface area contributed by atoms with Gasteiger partial charge in [0.05, 0.1) is 16.7 Å². The molecular weight excluding hydrogens is 371 g/mol. The lowest BCUT2D eigenvalue weighted by Gasteiger charge is -2.25. The minimum absolute atomic E-state index is 0.131. The first kappa shape index (κ1) is 18.3. The lowest BCUT2D eigenvalue weighted by atomic mass is 9.87. The first-order chi connectivity index (χ1) is 13.7. The maximum absolute atomic E-state index is 13.3. The zero-order chi connectivity index (χ0) is 19.5. The summed E-state index contributed by atoms with van der Waals surface area (Å²) in [5.74, 6) is -0.182. The van der Waals surface area contributed by atoms with Crippen LogP contribution in [0, 0.1) is 17.1 Å². The molecule has 1 aliphatic heterocycles. The van der Waals surface area contributed by atoms with E-state index in [0.717, 1.165) is 21.9 Å².